The van der Waals surface area contributed by atoms with E-state index in [2.05, 4.69) is 6.07 Å². The maximum atomic E-state index is 12.3. The second-order valence-corrected chi connectivity index (χ2v) is 4.89. The van der Waals surface area contributed by atoms with E-state index in [0.717, 1.165) is 11.1 Å². The topological polar surface area (TPSA) is 70.1 Å². The first-order chi connectivity index (χ1) is 10.1. The highest BCUT2D eigenvalue weighted by Crippen LogP contribution is 2.14. The third-order valence-electron chi connectivity index (χ3n) is 3.28. The number of carbonyl (C=O) groups excluding carboxylic acids is 1. The fraction of sp³-hybridized carbons (Fsp3) is 0.176. The van der Waals surface area contributed by atoms with Gasteiger partial charge >= 0.3 is 0 Å². The van der Waals surface area contributed by atoms with Crippen LogP contribution in [0.15, 0.2) is 54.6 Å². The van der Waals surface area contributed by atoms with Gasteiger partial charge in [-0.05, 0) is 23.3 Å². The van der Waals surface area contributed by atoms with Gasteiger partial charge in [-0.25, -0.2) is 0 Å². The minimum absolute atomic E-state index is 0.149. The standard InChI is InChI=1S/C17H17N3O/c1-20(12-14-7-5-6-13(10-14)11-18)17(21)16(19)15-8-3-2-4-9-15/h2-10,16H,12,19H2,1H3/t16-/m1/s1. The normalized spacial score (nSPS) is 11.5. The van der Waals surface area contributed by atoms with Crippen molar-refractivity contribution in [2.75, 3.05) is 7.05 Å². The molecule has 21 heavy (non-hydrogen) atoms. The van der Waals surface area contributed by atoms with Gasteiger partial charge in [0.25, 0.3) is 0 Å². The highest BCUT2D eigenvalue weighted by molar-refractivity contribution is 5.82. The van der Waals surface area contributed by atoms with E-state index >= 15 is 0 Å². The van der Waals surface area contributed by atoms with Gasteiger partial charge < -0.3 is 10.6 Å². The van der Waals surface area contributed by atoms with Crippen LogP contribution in [-0.4, -0.2) is 17.9 Å². The van der Waals surface area contributed by atoms with Crippen molar-refractivity contribution < 1.29 is 4.79 Å². The number of hydrogen-bond acceptors (Lipinski definition) is 3. The summed E-state index contributed by atoms with van der Waals surface area (Å²) in [6.45, 7) is 0.425. The average molecular weight is 279 g/mol. The summed E-state index contributed by atoms with van der Waals surface area (Å²) in [4.78, 5) is 13.9. The molecule has 0 saturated carbocycles. The van der Waals surface area contributed by atoms with Gasteiger partial charge in [-0.3, -0.25) is 4.79 Å². The van der Waals surface area contributed by atoms with Crippen LogP contribution in [0.1, 0.15) is 22.7 Å². The number of nitriles is 1. The minimum Gasteiger partial charge on any atom is -0.340 e. The van der Waals surface area contributed by atoms with Gasteiger partial charge in [0.05, 0.1) is 11.6 Å². The molecular formula is C17H17N3O. The molecule has 0 aliphatic rings. The quantitative estimate of drug-likeness (QED) is 0.932. The summed E-state index contributed by atoms with van der Waals surface area (Å²) in [7, 11) is 1.71. The lowest BCUT2D eigenvalue weighted by Crippen LogP contribution is -2.35. The monoisotopic (exact) mass is 279 g/mol. The molecule has 0 heterocycles. The average Bonchev–Trinajstić information content (AvgIpc) is 2.54. The number of likely N-dealkylation sites (N-methyl/N-ethyl adjacent to an activating group) is 1. The first-order valence-corrected chi connectivity index (χ1v) is 6.66. The van der Waals surface area contributed by atoms with Crippen LogP contribution >= 0.6 is 0 Å². The van der Waals surface area contributed by atoms with Gasteiger partial charge in [-0.1, -0.05) is 42.5 Å². The molecule has 1 atom stereocenters. The Kier molecular flexibility index (Phi) is 4.70. The number of amides is 1. The number of benzene rings is 2. The zero-order chi connectivity index (χ0) is 15.2. The van der Waals surface area contributed by atoms with E-state index in [9.17, 15) is 4.79 Å². The number of nitrogens with two attached hydrogens (primary N) is 1. The predicted octanol–water partition coefficient (Wildman–Crippen LogP) is 2.22. The van der Waals surface area contributed by atoms with Crippen molar-refractivity contribution in [1.29, 1.82) is 5.26 Å². The Balaban J connectivity index is 2.07. The summed E-state index contributed by atoms with van der Waals surface area (Å²) in [6.07, 6.45) is 0. The highest BCUT2D eigenvalue weighted by atomic mass is 16.2. The summed E-state index contributed by atoms with van der Waals surface area (Å²) in [5.74, 6) is -0.149. The van der Waals surface area contributed by atoms with Crippen molar-refractivity contribution in [3.63, 3.8) is 0 Å². The first-order valence-electron chi connectivity index (χ1n) is 6.66. The molecule has 2 aromatic rings. The van der Waals surface area contributed by atoms with Crippen LogP contribution in [-0.2, 0) is 11.3 Å². The SMILES string of the molecule is CN(Cc1cccc(C#N)c1)C(=O)[C@H](N)c1ccccc1. The van der Waals surface area contributed by atoms with Gasteiger partial charge in [0.15, 0.2) is 0 Å². The molecule has 4 heteroatoms. The molecule has 2 N–H and O–H groups in total. The Bertz CT molecular complexity index is 661. The van der Waals surface area contributed by atoms with E-state index in [1.54, 1.807) is 24.1 Å². The van der Waals surface area contributed by atoms with E-state index in [-0.39, 0.29) is 5.91 Å². The lowest BCUT2D eigenvalue weighted by Gasteiger charge is -2.21. The third kappa shape index (κ3) is 3.68. The van der Waals surface area contributed by atoms with Crippen LogP contribution in [0.25, 0.3) is 0 Å². The molecule has 4 nitrogen and oxygen atoms in total. The maximum absolute atomic E-state index is 12.3. The Hall–Kier alpha value is -2.64. The summed E-state index contributed by atoms with van der Waals surface area (Å²) in [5.41, 5.74) is 8.29. The highest BCUT2D eigenvalue weighted by Gasteiger charge is 2.19. The zero-order valence-corrected chi connectivity index (χ0v) is 11.9. The van der Waals surface area contributed by atoms with Crippen LogP contribution in [0.3, 0.4) is 0 Å². The predicted molar refractivity (Wildman–Crippen MR) is 81.0 cm³/mol. The van der Waals surface area contributed by atoms with E-state index in [1.807, 2.05) is 42.5 Å². The summed E-state index contributed by atoms with van der Waals surface area (Å²) >= 11 is 0. The minimum atomic E-state index is -0.671. The molecule has 1 amide bonds. The van der Waals surface area contributed by atoms with E-state index in [1.165, 1.54) is 0 Å². The van der Waals surface area contributed by atoms with Crippen LogP contribution in [0.5, 0.6) is 0 Å². The number of carbonyl (C=O) groups is 1. The molecule has 0 radical (unpaired) electrons. The Morgan fingerprint density at radius 1 is 1.24 bits per heavy atom. The van der Waals surface area contributed by atoms with Crippen molar-refractivity contribution in [3.8, 4) is 6.07 Å². The first kappa shape index (κ1) is 14.8. The molecule has 0 bridgehead atoms. The fourth-order valence-corrected chi connectivity index (χ4v) is 2.13. The number of rotatable bonds is 4. The van der Waals surface area contributed by atoms with Crippen LogP contribution in [0.2, 0.25) is 0 Å². The van der Waals surface area contributed by atoms with Crippen LogP contribution in [0, 0.1) is 11.3 Å². The van der Waals surface area contributed by atoms with Gasteiger partial charge in [-0.15, -0.1) is 0 Å². The molecule has 2 aromatic carbocycles. The van der Waals surface area contributed by atoms with E-state index in [0.29, 0.717) is 12.1 Å². The largest absolute Gasteiger partial charge is 0.340 e. The fourth-order valence-electron chi connectivity index (χ4n) is 2.13. The molecule has 0 aliphatic heterocycles. The lowest BCUT2D eigenvalue weighted by atomic mass is 10.1. The number of nitrogens with zero attached hydrogens (tertiary/aromatic N) is 2. The summed E-state index contributed by atoms with van der Waals surface area (Å²) in [5, 5.41) is 8.89. The van der Waals surface area contributed by atoms with Crippen molar-refractivity contribution in [3.05, 3.63) is 71.3 Å². The molecule has 0 spiro atoms. The van der Waals surface area contributed by atoms with E-state index in [4.69, 9.17) is 11.0 Å². The molecule has 0 aliphatic carbocycles. The van der Waals surface area contributed by atoms with Gasteiger partial charge in [0.1, 0.15) is 6.04 Å². The Labute approximate surface area is 124 Å². The molecule has 0 saturated heterocycles. The second-order valence-electron chi connectivity index (χ2n) is 4.89. The Morgan fingerprint density at radius 2 is 1.95 bits per heavy atom. The van der Waals surface area contributed by atoms with Crippen molar-refractivity contribution >= 4 is 5.91 Å². The molecular weight excluding hydrogens is 262 g/mol. The molecule has 0 aromatic heterocycles. The molecule has 0 unspecified atom stereocenters. The van der Waals surface area contributed by atoms with Gasteiger partial charge in [0, 0.05) is 13.6 Å². The Morgan fingerprint density at radius 3 is 2.62 bits per heavy atom. The van der Waals surface area contributed by atoms with Crippen LogP contribution < -0.4 is 5.73 Å². The summed E-state index contributed by atoms with van der Waals surface area (Å²) < 4.78 is 0. The van der Waals surface area contributed by atoms with Crippen LogP contribution in [0.4, 0.5) is 0 Å². The zero-order valence-electron chi connectivity index (χ0n) is 11.9. The maximum Gasteiger partial charge on any atom is 0.244 e. The molecule has 2 rings (SSSR count). The van der Waals surface area contributed by atoms with Crippen molar-refractivity contribution in [2.24, 2.45) is 5.73 Å². The van der Waals surface area contributed by atoms with Gasteiger partial charge in [0.2, 0.25) is 5.91 Å². The molecule has 106 valence electrons. The van der Waals surface area contributed by atoms with Crippen molar-refractivity contribution in [1.82, 2.24) is 4.90 Å². The van der Waals surface area contributed by atoms with Crippen molar-refractivity contribution in [2.45, 2.75) is 12.6 Å². The third-order valence-corrected chi connectivity index (χ3v) is 3.28. The smallest absolute Gasteiger partial charge is 0.244 e. The van der Waals surface area contributed by atoms with E-state index < -0.39 is 6.04 Å². The lowest BCUT2D eigenvalue weighted by molar-refractivity contribution is -0.131. The summed E-state index contributed by atoms with van der Waals surface area (Å²) in [6, 6.07) is 17.9. The number of hydrogen-bond donors (Lipinski definition) is 1. The van der Waals surface area contributed by atoms with Gasteiger partial charge in [-0.2, -0.15) is 5.26 Å². The molecule has 0 fully saturated rings. The second kappa shape index (κ2) is 6.69.